The predicted octanol–water partition coefficient (Wildman–Crippen LogP) is 4.12. The number of hydrogen-bond acceptors (Lipinski definition) is 6. The number of rotatable bonds is 6. The van der Waals surface area contributed by atoms with Crippen LogP contribution in [0.2, 0.25) is 0 Å². The van der Waals surface area contributed by atoms with E-state index in [1.54, 1.807) is 0 Å². The van der Waals surface area contributed by atoms with Crippen molar-refractivity contribution in [3.05, 3.63) is 66.2 Å². The molecule has 11 heteroatoms. The number of hydrogen-bond donors (Lipinski definition) is 0. The average molecular weight is 493 g/mol. The molecule has 1 saturated heterocycles. The van der Waals surface area contributed by atoms with Gasteiger partial charge in [0.05, 0.1) is 10.6 Å². The van der Waals surface area contributed by atoms with E-state index in [-0.39, 0.29) is 18.0 Å². The topological polar surface area (TPSA) is 75.6 Å². The first kappa shape index (κ1) is 24.0. The van der Waals surface area contributed by atoms with E-state index in [0.717, 1.165) is 41.9 Å². The van der Waals surface area contributed by atoms with Crippen molar-refractivity contribution in [2.75, 3.05) is 31.1 Å². The van der Waals surface area contributed by atoms with Gasteiger partial charge in [-0.1, -0.05) is 31.2 Å². The quantitative estimate of drug-likeness (QED) is 0.516. The monoisotopic (exact) mass is 492 g/mol. The van der Waals surface area contributed by atoms with Crippen LogP contribution >= 0.6 is 0 Å². The lowest BCUT2D eigenvalue weighted by molar-refractivity contribution is -0.274. The van der Waals surface area contributed by atoms with Crippen molar-refractivity contribution in [2.45, 2.75) is 24.6 Å². The first-order chi connectivity index (χ1) is 16.2. The molecule has 0 N–H and O–H groups in total. The second kappa shape index (κ2) is 9.59. The van der Waals surface area contributed by atoms with E-state index in [1.165, 1.54) is 9.87 Å². The molecule has 0 bridgehead atoms. The summed E-state index contributed by atoms with van der Waals surface area (Å²) in [6.07, 6.45) is -3.87. The minimum atomic E-state index is -4.84. The van der Waals surface area contributed by atoms with Crippen LogP contribution in [0.4, 0.5) is 19.0 Å². The molecule has 180 valence electrons. The molecule has 2 aromatic carbocycles. The van der Waals surface area contributed by atoms with Crippen LogP contribution in [0.5, 0.6) is 5.75 Å². The maximum absolute atomic E-state index is 12.9. The number of anilines is 1. The Bertz CT molecular complexity index is 1210. The molecule has 1 aromatic heterocycles. The number of nitrogens with zero attached hydrogens (tertiary/aromatic N) is 4. The van der Waals surface area contributed by atoms with Crippen molar-refractivity contribution in [2.24, 2.45) is 0 Å². The van der Waals surface area contributed by atoms with Gasteiger partial charge in [0.2, 0.25) is 10.0 Å². The molecule has 1 aliphatic rings. The van der Waals surface area contributed by atoms with Gasteiger partial charge in [-0.2, -0.15) is 4.31 Å². The van der Waals surface area contributed by atoms with Crippen LogP contribution < -0.4 is 9.64 Å². The van der Waals surface area contributed by atoms with Crippen molar-refractivity contribution < 1.29 is 26.3 Å². The van der Waals surface area contributed by atoms with E-state index in [4.69, 9.17) is 0 Å². The van der Waals surface area contributed by atoms with Crippen LogP contribution in [-0.4, -0.2) is 55.5 Å². The lowest BCUT2D eigenvalue weighted by Gasteiger charge is -2.34. The molecule has 1 aliphatic heterocycles. The molecule has 0 aliphatic carbocycles. The molecular weight excluding hydrogens is 469 g/mol. The highest BCUT2D eigenvalue weighted by Gasteiger charge is 2.32. The fourth-order valence-electron chi connectivity index (χ4n) is 3.68. The molecule has 0 unspecified atom stereocenters. The Morgan fingerprint density at radius 3 is 2.06 bits per heavy atom. The van der Waals surface area contributed by atoms with E-state index in [9.17, 15) is 21.6 Å². The van der Waals surface area contributed by atoms with E-state index in [1.807, 2.05) is 29.2 Å². The van der Waals surface area contributed by atoms with Crippen LogP contribution in [0.25, 0.3) is 11.3 Å². The van der Waals surface area contributed by atoms with E-state index >= 15 is 0 Å². The van der Waals surface area contributed by atoms with Gasteiger partial charge in [0.25, 0.3) is 0 Å². The minimum absolute atomic E-state index is 0.0892. The van der Waals surface area contributed by atoms with Crippen molar-refractivity contribution in [3.8, 4) is 17.0 Å². The lowest BCUT2D eigenvalue weighted by Crippen LogP contribution is -2.49. The molecule has 0 amide bonds. The SMILES string of the molecule is CCc1ccc(-c2ccc(N3CCN(S(=O)(=O)c4ccc(OC(F)(F)F)cc4)CC3)nn2)cc1. The van der Waals surface area contributed by atoms with Crippen molar-refractivity contribution >= 4 is 15.8 Å². The highest BCUT2D eigenvalue weighted by atomic mass is 32.2. The third-order valence-electron chi connectivity index (χ3n) is 5.57. The molecular formula is C23H23F3N4O3S. The largest absolute Gasteiger partial charge is 0.573 e. The summed E-state index contributed by atoms with van der Waals surface area (Å²) in [6, 6.07) is 16.1. The summed E-state index contributed by atoms with van der Waals surface area (Å²) in [6.45, 7) is 3.34. The van der Waals surface area contributed by atoms with Crippen molar-refractivity contribution in [1.29, 1.82) is 0 Å². The van der Waals surface area contributed by atoms with Crippen LogP contribution in [-0.2, 0) is 16.4 Å². The van der Waals surface area contributed by atoms with Gasteiger partial charge < -0.3 is 9.64 Å². The van der Waals surface area contributed by atoms with Crippen LogP contribution in [0.15, 0.2) is 65.6 Å². The van der Waals surface area contributed by atoms with Gasteiger partial charge in [0, 0.05) is 31.7 Å². The lowest BCUT2D eigenvalue weighted by atomic mass is 10.1. The maximum Gasteiger partial charge on any atom is 0.573 e. The molecule has 0 saturated carbocycles. The van der Waals surface area contributed by atoms with Crippen molar-refractivity contribution in [1.82, 2.24) is 14.5 Å². The van der Waals surface area contributed by atoms with Gasteiger partial charge in [-0.05, 0) is 48.4 Å². The number of sulfonamides is 1. The second-order valence-electron chi connectivity index (χ2n) is 7.74. The average Bonchev–Trinajstić information content (AvgIpc) is 2.84. The first-order valence-corrected chi connectivity index (χ1v) is 12.1. The van der Waals surface area contributed by atoms with Crippen LogP contribution in [0, 0.1) is 0 Å². The molecule has 34 heavy (non-hydrogen) atoms. The fourth-order valence-corrected chi connectivity index (χ4v) is 5.10. The minimum Gasteiger partial charge on any atom is -0.406 e. The summed E-state index contributed by atoms with van der Waals surface area (Å²) in [5, 5.41) is 8.62. The third-order valence-corrected chi connectivity index (χ3v) is 7.48. The van der Waals surface area contributed by atoms with Crippen LogP contribution in [0.3, 0.4) is 0 Å². The Balaban J connectivity index is 1.38. The molecule has 3 aromatic rings. The second-order valence-corrected chi connectivity index (χ2v) is 9.68. The standard InChI is InChI=1S/C23H23F3N4O3S/c1-2-17-3-5-18(6-4-17)21-11-12-22(28-27-21)29-13-15-30(16-14-29)34(31,32)20-9-7-19(8-10-20)33-23(24,25)26/h3-12H,2,13-16H2,1H3. The van der Waals surface area contributed by atoms with Crippen LogP contribution in [0.1, 0.15) is 12.5 Å². The Morgan fingerprint density at radius 2 is 1.53 bits per heavy atom. The highest BCUT2D eigenvalue weighted by Crippen LogP contribution is 2.26. The number of halogens is 3. The van der Waals surface area contributed by atoms with E-state index in [2.05, 4.69) is 34.0 Å². The third kappa shape index (κ3) is 5.48. The molecule has 0 spiro atoms. The Hall–Kier alpha value is -3.18. The zero-order valence-corrected chi connectivity index (χ0v) is 19.2. The Kier molecular flexibility index (Phi) is 6.76. The zero-order chi connectivity index (χ0) is 24.3. The number of benzene rings is 2. The summed E-state index contributed by atoms with van der Waals surface area (Å²) in [5.41, 5.74) is 2.97. The summed E-state index contributed by atoms with van der Waals surface area (Å²) < 4.78 is 67.8. The summed E-state index contributed by atoms with van der Waals surface area (Å²) in [4.78, 5) is 1.86. The molecule has 2 heterocycles. The van der Waals surface area contributed by atoms with Crippen molar-refractivity contribution in [3.63, 3.8) is 0 Å². The molecule has 4 rings (SSSR count). The van der Waals surface area contributed by atoms with Gasteiger partial charge in [-0.3, -0.25) is 0 Å². The fraction of sp³-hybridized carbons (Fsp3) is 0.304. The smallest absolute Gasteiger partial charge is 0.406 e. The van der Waals surface area contributed by atoms with Gasteiger partial charge in [0.1, 0.15) is 5.75 Å². The molecule has 0 atom stereocenters. The van der Waals surface area contributed by atoms with E-state index in [0.29, 0.717) is 18.9 Å². The number of ether oxygens (including phenoxy) is 1. The number of alkyl halides is 3. The molecule has 7 nitrogen and oxygen atoms in total. The summed E-state index contributed by atoms with van der Waals surface area (Å²) >= 11 is 0. The first-order valence-electron chi connectivity index (χ1n) is 10.7. The normalized spacial score (nSPS) is 15.4. The van der Waals surface area contributed by atoms with E-state index < -0.39 is 22.1 Å². The Labute approximate surface area is 195 Å². The zero-order valence-electron chi connectivity index (χ0n) is 18.4. The number of aryl methyl sites for hydroxylation is 1. The predicted molar refractivity (Wildman–Crippen MR) is 121 cm³/mol. The Morgan fingerprint density at radius 1 is 0.882 bits per heavy atom. The summed E-state index contributed by atoms with van der Waals surface area (Å²) in [5.74, 6) is 0.180. The maximum atomic E-state index is 12.9. The highest BCUT2D eigenvalue weighted by molar-refractivity contribution is 7.89. The molecule has 0 radical (unpaired) electrons. The number of piperazine rings is 1. The van der Waals surface area contributed by atoms with Gasteiger partial charge in [-0.25, -0.2) is 8.42 Å². The molecule has 1 fully saturated rings. The number of aromatic nitrogens is 2. The van der Waals surface area contributed by atoms with Gasteiger partial charge >= 0.3 is 6.36 Å². The van der Waals surface area contributed by atoms with Gasteiger partial charge in [-0.15, -0.1) is 23.4 Å². The summed E-state index contributed by atoms with van der Waals surface area (Å²) in [7, 11) is -3.84. The van der Waals surface area contributed by atoms with Gasteiger partial charge in [0.15, 0.2) is 5.82 Å².